The molecule has 5 aromatic rings. The second-order valence-electron chi connectivity index (χ2n) is 6.69. The summed E-state index contributed by atoms with van der Waals surface area (Å²) in [5.74, 6) is 0. The number of benzene rings is 4. The molecule has 0 aliphatic rings. The van der Waals surface area contributed by atoms with Crippen molar-refractivity contribution in [3.05, 3.63) is 121 Å². The topological polar surface area (TPSA) is 28.7 Å². The summed E-state index contributed by atoms with van der Waals surface area (Å²) in [6.07, 6.45) is 0. The molecular formula is C26H22BrN2P. The van der Waals surface area contributed by atoms with Crippen molar-refractivity contribution in [2.24, 2.45) is 0 Å². The zero-order valence-electron chi connectivity index (χ0n) is 16.4. The molecule has 0 atom stereocenters. The monoisotopic (exact) mass is 472 g/mol. The largest absolute Gasteiger partial charge is 0.278 e. The van der Waals surface area contributed by atoms with Crippen LogP contribution in [0.1, 0.15) is 5.69 Å². The minimum Gasteiger partial charge on any atom is -0.278 e. The number of alkyl halides is 1. The summed E-state index contributed by atoms with van der Waals surface area (Å²) in [7, 11) is -0.446. The van der Waals surface area contributed by atoms with Gasteiger partial charge in [-0.2, -0.15) is 5.10 Å². The number of hydrogen-bond donors (Lipinski definition) is 1. The Bertz CT molecular complexity index is 1080. The number of aromatic amines is 1. The van der Waals surface area contributed by atoms with Gasteiger partial charge in [-0.3, -0.25) is 5.10 Å². The quantitative estimate of drug-likeness (QED) is 0.256. The van der Waals surface area contributed by atoms with Crippen LogP contribution >= 0.6 is 23.9 Å². The highest BCUT2D eigenvalue weighted by Gasteiger charge is 2.14. The molecule has 1 N–H and O–H groups in total. The molecule has 1 aromatic heterocycles. The lowest BCUT2D eigenvalue weighted by atomic mass is 10.2. The van der Waals surface area contributed by atoms with Crippen LogP contribution < -0.4 is 15.9 Å². The van der Waals surface area contributed by atoms with E-state index in [1.165, 1.54) is 21.3 Å². The van der Waals surface area contributed by atoms with Gasteiger partial charge in [0.15, 0.2) is 0 Å². The molecule has 1 heterocycles. The van der Waals surface area contributed by atoms with Crippen molar-refractivity contribution < 1.29 is 0 Å². The van der Waals surface area contributed by atoms with Gasteiger partial charge in [-0.25, -0.2) is 0 Å². The molecule has 0 spiro atoms. The SMILES string of the molecule is BrCc1n[nH]c2ccccc12.c1ccc(P(c2ccccc2)c2ccccc2)cc1. The van der Waals surface area contributed by atoms with Crippen molar-refractivity contribution in [1.82, 2.24) is 10.2 Å². The molecule has 0 aliphatic heterocycles. The number of aromatic nitrogens is 2. The maximum absolute atomic E-state index is 4.14. The van der Waals surface area contributed by atoms with Crippen molar-refractivity contribution in [3.8, 4) is 0 Å². The summed E-state index contributed by atoms with van der Waals surface area (Å²) in [5, 5.41) is 13.3. The average molecular weight is 473 g/mol. The minimum atomic E-state index is -0.446. The van der Waals surface area contributed by atoms with Crippen LogP contribution in [-0.4, -0.2) is 10.2 Å². The van der Waals surface area contributed by atoms with Crippen LogP contribution in [0.5, 0.6) is 0 Å². The fourth-order valence-corrected chi connectivity index (χ4v) is 6.03. The molecule has 0 fully saturated rings. The van der Waals surface area contributed by atoms with E-state index in [0.29, 0.717) is 0 Å². The average Bonchev–Trinajstić information content (AvgIpc) is 3.25. The van der Waals surface area contributed by atoms with Crippen molar-refractivity contribution in [2.75, 3.05) is 0 Å². The Morgan fingerprint density at radius 2 is 1.03 bits per heavy atom. The number of para-hydroxylation sites is 1. The molecule has 4 aromatic carbocycles. The third-order valence-corrected chi connectivity index (χ3v) is 7.69. The maximum Gasteiger partial charge on any atom is 0.0806 e. The van der Waals surface area contributed by atoms with Crippen LogP contribution in [0, 0.1) is 0 Å². The normalized spacial score (nSPS) is 10.6. The Morgan fingerprint density at radius 3 is 1.50 bits per heavy atom. The number of halogens is 1. The highest BCUT2D eigenvalue weighted by atomic mass is 79.9. The van der Waals surface area contributed by atoms with Gasteiger partial charge in [-0.1, -0.05) is 125 Å². The second kappa shape index (κ2) is 10.3. The van der Waals surface area contributed by atoms with Crippen LogP contribution in [0.3, 0.4) is 0 Å². The summed E-state index contributed by atoms with van der Waals surface area (Å²) >= 11 is 3.38. The lowest BCUT2D eigenvalue weighted by Crippen LogP contribution is -2.20. The molecule has 0 aliphatic carbocycles. The fourth-order valence-electron chi connectivity index (χ4n) is 3.30. The lowest BCUT2D eigenvalue weighted by Gasteiger charge is -2.18. The number of hydrogen-bond acceptors (Lipinski definition) is 1. The van der Waals surface area contributed by atoms with E-state index in [1.54, 1.807) is 0 Å². The molecule has 5 rings (SSSR count). The molecule has 4 heteroatoms. The van der Waals surface area contributed by atoms with Crippen LogP contribution in [0.2, 0.25) is 0 Å². The first-order valence-corrected chi connectivity index (χ1v) is 12.3. The Labute approximate surface area is 186 Å². The van der Waals surface area contributed by atoms with Crippen LogP contribution in [-0.2, 0) is 5.33 Å². The second-order valence-corrected chi connectivity index (χ2v) is 9.47. The van der Waals surface area contributed by atoms with Crippen LogP contribution in [0.15, 0.2) is 115 Å². The third kappa shape index (κ3) is 4.87. The van der Waals surface area contributed by atoms with E-state index in [-0.39, 0.29) is 0 Å². The van der Waals surface area contributed by atoms with E-state index >= 15 is 0 Å². The molecule has 30 heavy (non-hydrogen) atoms. The van der Waals surface area contributed by atoms with Gasteiger partial charge in [0.2, 0.25) is 0 Å². The lowest BCUT2D eigenvalue weighted by molar-refractivity contribution is 1.06. The molecular weight excluding hydrogens is 451 g/mol. The van der Waals surface area contributed by atoms with Gasteiger partial charge in [0.05, 0.1) is 11.2 Å². The van der Waals surface area contributed by atoms with Gasteiger partial charge in [0, 0.05) is 10.7 Å². The van der Waals surface area contributed by atoms with E-state index in [4.69, 9.17) is 0 Å². The predicted octanol–water partition coefficient (Wildman–Crippen LogP) is 5.90. The number of fused-ring (bicyclic) bond motifs is 1. The summed E-state index contributed by atoms with van der Waals surface area (Å²) < 4.78 is 0. The van der Waals surface area contributed by atoms with Crippen molar-refractivity contribution >= 4 is 50.7 Å². The molecule has 0 radical (unpaired) electrons. The van der Waals surface area contributed by atoms with E-state index in [9.17, 15) is 0 Å². The molecule has 0 saturated heterocycles. The number of nitrogens with one attached hydrogen (secondary N) is 1. The maximum atomic E-state index is 4.14. The first-order chi connectivity index (χ1) is 14.9. The Balaban J connectivity index is 0.000000168. The summed E-state index contributed by atoms with van der Waals surface area (Å²) in [4.78, 5) is 0. The smallest absolute Gasteiger partial charge is 0.0806 e. The molecule has 0 bridgehead atoms. The van der Waals surface area contributed by atoms with Gasteiger partial charge in [-0.15, -0.1) is 0 Å². The minimum absolute atomic E-state index is 0.446. The van der Waals surface area contributed by atoms with Crippen LogP contribution in [0.4, 0.5) is 0 Å². The molecule has 2 nitrogen and oxygen atoms in total. The molecule has 0 saturated carbocycles. The highest BCUT2D eigenvalue weighted by Crippen LogP contribution is 2.32. The zero-order valence-corrected chi connectivity index (χ0v) is 18.9. The fraction of sp³-hybridized carbons (Fsp3) is 0.0385. The van der Waals surface area contributed by atoms with Crippen molar-refractivity contribution in [2.45, 2.75) is 5.33 Å². The van der Waals surface area contributed by atoms with E-state index in [0.717, 1.165) is 16.5 Å². The first-order valence-electron chi connectivity index (χ1n) is 9.80. The van der Waals surface area contributed by atoms with Gasteiger partial charge in [-0.05, 0) is 29.9 Å². The van der Waals surface area contributed by atoms with E-state index in [1.807, 2.05) is 18.2 Å². The molecule has 0 amide bonds. The van der Waals surface area contributed by atoms with Gasteiger partial charge in [0.25, 0.3) is 0 Å². The summed E-state index contributed by atoms with van der Waals surface area (Å²) in [6, 6.07) is 40.4. The predicted molar refractivity (Wildman–Crippen MR) is 134 cm³/mol. The van der Waals surface area contributed by atoms with Crippen LogP contribution in [0.25, 0.3) is 10.9 Å². The Kier molecular flexibility index (Phi) is 7.07. The van der Waals surface area contributed by atoms with Crippen molar-refractivity contribution in [3.63, 3.8) is 0 Å². The van der Waals surface area contributed by atoms with Gasteiger partial charge < -0.3 is 0 Å². The number of H-pyrrole nitrogens is 1. The summed E-state index contributed by atoms with van der Waals surface area (Å²) in [6.45, 7) is 0. The number of nitrogens with zero attached hydrogens (tertiary/aromatic N) is 1. The Hall–Kier alpha value is -2.74. The molecule has 0 unspecified atom stereocenters. The Morgan fingerprint density at radius 1 is 0.600 bits per heavy atom. The zero-order chi connectivity index (χ0) is 20.6. The standard InChI is InChI=1S/C18H15P.C8H7BrN2/c1-4-10-16(11-5-1)19(17-12-6-2-7-13-17)18-14-8-3-9-15-18;9-5-8-6-3-1-2-4-7(6)10-11-8/h1-15H;1-4H,5H2,(H,10,11). The van der Waals surface area contributed by atoms with Gasteiger partial charge >= 0.3 is 0 Å². The van der Waals surface area contributed by atoms with Gasteiger partial charge in [0.1, 0.15) is 0 Å². The number of rotatable bonds is 4. The summed E-state index contributed by atoms with van der Waals surface area (Å²) in [5.41, 5.74) is 2.17. The molecule has 148 valence electrons. The van der Waals surface area contributed by atoms with Crippen molar-refractivity contribution in [1.29, 1.82) is 0 Å². The van der Waals surface area contributed by atoms with E-state index < -0.39 is 7.92 Å². The van der Waals surface area contributed by atoms with E-state index in [2.05, 4.69) is 123 Å². The third-order valence-electron chi connectivity index (χ3n) is 4.72. The highest BCUT2D eigenvalue weighted by molar-refractivity contribution is 9.08. The first kappa shape index (κ1) is 20.5.